The van der Waals surface area contributed by atoms with Gasteiger partial charge in [0.2, 0.25) is 0 Å². The SMILES string of the molecule is CN1CCCN(c2ccc(C(=O)N(C)Cc3ccc4ccccc4n3)cn2)CC1. The van der Waals surface area contributed by atoms with Gasteiger partial charge in [0.25, 0.3) is 5.91 Å². The molecule has 0 unspecified atom stereocenters. The van der Waals surface area contributed by atoms with Gasteiger partial charge in [-0.3, -0.25) is 9.78 Å². The van der Waals surface area contributed by atoms with Gasteiger partial charge in [-0.05, 0) is 44.3 Å². The van der Waals surface area contributed by atoms with Crippen LogP contribution in [0.1, 0.15) is 22.5 Å². The minimum Gasteiger partial charge on any atom is -0.355 e. The normalized spacial score (nSPS) is 15.3. The van der Waals surface area contributed by atoms with Gasteiger partial charge in [-0.15, -0.1) is 0 Å². The molecule has 3 heterocycles. The van der Waals surface area contributed by atoms with Gasteiger partial charge in [0, 0.05) is 38.3 Å². The molecule has 0 bridgehead atoms. The maximum absolute atomic E-state index is 12.8. The summed E-state index contributed by atoms with van der Waals surface area (Å²) in [4.78, 5) is 28.4. The lowest BCUT2D eigenvalue weighted by molar-refractivity contribution is 0.0783. The quantitative estimate of drug-likeness (QED) is 0.687. The lowest BCUT2D eigenvalue weighted by Gasteiger charge is -2.22. The Kier molecular flexibility index (Phi) is 5.71. The first-order chi connectivity index (χ1) is 14.1. The molecule has 1 fully saturated rings. The predicted octanol–water partition coefficient (Wildman–Crippen LogP) is 3.04. The average molecular weight is 390 g/mol. The van der Waals surface area contributed by atoms with Crippen LogP contribution in [0.2, 0.25) is 0 Å². The summed E-state index contributed by atoms with van der Waals surface area (Å²) in [6.45, 7) is 4.57. The predicted molar refractivity (Wildman–Crippen MR) is 116 cm³/mol. The van der Waals surface area contributed by atoms with Crippen molar-refractivity contribution in [1.29, 1.82) is 0 Å². The van der Waals surface area contributed by atoms with E-state index in [-0.39, 0.29) is 5.91 Å². The number of anilines is 1. The average Bonchev–Trinajstić information content (AvgIpc) is 2.97. The van der Waals surface area contributed by atoms with E-state index in [1.54, 1.807) is 18.1 Å². The number of likely N-dealkylation sites (N-methyl/N-ethyl adjacent to an activating group) is 1. The molecule has 1 aliphatic heterocycles. The van der Waals surface area contributed by atoms with E-state index in [4.69, 9.17) is 0 Å². The van der Waals surface area contributed by atoms with E-state index in [9.17, 15) is 4.79 Å². The summed E-state index contributed by atoms with van der Waals surface area (Å²) < 4.78 is 0. The Balaban J connectivity index is 1.42. The van der Waals surface area contributed by atoms with Crippen LogP contribution in [-0.2, 0) is 6.54 Å². The molecule has 29 heavy (non-hydrogen) atoms. The number of hydrogen-bond acceptors (Lipinski definition) is 5. The smallest absolute Gasteiger partial charge is 0.255 e. The molecule has 150 valence electrons. The first-order valence-electron chi connectivity index (χ1n) is 10.1. The molecule has 1 aliphatic rings. The summed E-state index contributed by atoms with van der Waals surface area (Å²) >= 11 is 0. The monoisotopic (exact) mass is 389 g/mol. The number of hydrogen-bond donors (Lipinski definition) is 0. The van der Waals surface area contributed by atoms with Crippen molar-refractivity contribution in [3.05, 3.63) is 66.0 Å². The Morgan fingerprint density at radius 2 is 1.90 bits per heavy atom. The Hall–Kier alpha value is -2.99. The van der Waals surface area contributed by atoms with E-state index in [1.165, 1.54) is 0 Å². The van der Waals surface area contributed by atoms with Gasteiger partial charge in [-0.2, -0.15) is 0 Å². The molecule has 0 atom stereocenters. The minimum absolute atomic E-state index is 0.0467. The molecule has 0 saturated carbocycles. The van der Waals surface area contributed by atoms with Crippen molar-refractivity contribution in [2.75, 3.05) is 45.2 Å². The Bertz CT molecular complexity index is 988. The molecule has 4 rings (SSSR count). The van der Waals surface area contributed by atoms with Gasteiger partial charge in [0.05, 0.1) is 23.3 Å². The van der Waals surface area contributed by atoms with E-state index < -0.39 is 0 Å². The highest BCUT2D eigenvalue weighted by molar-refractivity contribution is 5.94. The van der Waals surface area contributed by atoms with Crippen LogP contribution in [0.3, 0.4) is 0 Å². The Labute approximate surface area is 171 Å². The number of fused-ring (bicyclic) bond motifs is 1. The number of carbonyl (C=O) groups excluding carboxylic acids is 1. The number of carbonyl (C=O) groups is 1. The number of para-hydroxylation sites is 1. The molecule has 1 aromatic carbocycles. The number of aromatic nitrogens is 2. The molecule has 2 aromatic heterocycles. The molecule has 0 aliphatic carbocycles. The van der Waals surface area contributed by atoms with Gasteiger partial charge >= 0.3 is 0 Å². The van der Waals surface area contributed by atoms with Crippen molar-refractivity contribution in [1.82, 2.24) is 19.8 Å². The second-order valence-corrected chi connectivity index (χ2v) is 7.71. The highest BCUT2D eigenvalue weighted by Gasteiger charge is 2.16. The first kappa shape index (κ1) is 19.3. The molecule has 3 aromatic rings. The van der Waals surface area contributed by atoms with Crippen molar-refractivity contribution in [2.24, 2.45) is 0 Å². The van der Waals surface area contributed by atoms with Crippen molar-refractivity contribution in [3.8, 4) is 0 Å². The lowest BCUT2D eigenvalue weighted by atomic mass is 10.2. The van der Waals surface area contributed by atoms with Crippen LogP contribution in [0.25, 0.3) is 10.9 Å². The van der Waals surface area contributed by atoms with E-state index in [1.807, 2.05) is 48.5 Å². The summed E-state index contributed by atoms with van der Waals surface area (Å²) in [6, 6.07) is 15.9. The molecule has 1 saturated heterocycles. The number of nitrogens with zero attached hydrogens (tertiary/aromatic N) is 5. The second kappa shape index (κ2) is 8.57. The van der Waals surface area contributed by atoms with Gasteiger partial charge in [-0.25, -0.2) is 4.98 Å². The van der Waals surface area contributed by atoms with Gasteiger partial charge < -0.3 is 14.7 Å². The summed E-state index contributed by atoms with van der Waals surface area (Å²) in [7, 11) is 3.96. The van der Waals surface area contributed by atoms with Crippen molar-refractivity contribution in [2.45, 2.75) is 13.0 Å². The summed E-state index contributed by atoms with van der Waals surface area (Å²) in [5, 5.41) is 1.10. The fourth-order valence-electron chi connectivity index (χ4n) is 3.71. The van der Waals surface area contributed by atoms with Crippen molar-refractivity contribution in [3.63, 3.8) is 0 Å². The standard InChI is InChI=1S/C23H27N5O/c1-26-12-5-13-28(15-14-26)22-11-9-19(16-24-22)23(29)27(2)17-20-10-8-18-6-3-4-7-21(18)25-20/h3-4,6-11,16H,5,12-15,17H2,1-2H3. The summed E-state index contributed by atoms with van der Waals surface area (Å²) in [5.74, 6) is 0.894. The van der Waals surface area contributed by atoms with Crippen LogP contribution >= 0.6 is 0 Å². The third kappa shape index (κ3) is 4.54. The van der Waals surface area contributed by atoms with Crippen molar-refractivity contribution >= 4 is 22.6 Å². The topological polar surface area (TPSA) is 52.6 Å². The highest BCUT2D eigenvalue weighted by atomic mass is 16.2. The largest absolute Gasteiger partial charge is 0.355 e. The van der Waals surface area contributed by atoms with Gasteiger partial charge in [-0.1, -0.05) is 24.3 Å². The molecular weight excluding hydrogens is 362 g/mol. The number of pyridine rings is 2. The lowest BCUT2D eigenvalue weighted by Crippen LogP contribution is -2.30. The first-order valence-corrected chi connectivity index (χ1v) is 10.1. The van der Waals surface area contributed by atoms with E-state index in [0.29, 0.717) is 12.1 Å². The molecule has 0 spiro atoms. The van der Waals surface area contributed by atoms with Crippen LogP contribution in [0, 0.1) is 0 Å². The van der Waals surface area contributed by atoms with Crippen LogP contribution in [0.5, 0.6) is 0 Å². The van der Waals surface area contributed by atoms with Crippen LogP contribution in [-0.4, -0.2) is 65.9 Å². The maximum atomic E-state index is 12.8. The van der Waals surface area contributed by atoms with E-state index in [0.717, 1.165) is 55.0 Å². The fourth-order valence-corrected chi connectivity index (χ4v) is 3.71. The number of rotatable bonds is 4. The second-order valence-electron chi connectivity index (χ2n) is 7.71. The van der Waals surface area contributed by atoms with Crippen LogP contribution in [0.15, 0.2) is 54.7 Å². The summed E-state index contributed by atoms with van der Waals surface area (Å²) in [6.07, 6.45) is 2.82. The Morgan fingerprint density at radius 1 is 1.03 bits per heavy atom. The van der Waals surface area contributed by atoms with Crippen LogP contribution in [0.4, 0.5) is 5.82 Å². The maximum Gasteiger partial charge on any atom is 0.255 e. The third-order valence-electron chi connectivity index (χ3n) is 5.44. The molecule has 1 amide bonds. The molecule has 6 nitrogen and oxygen atoms in total. The molecule has 0 radical (unpaired) electrons. The number of amides is 1. The van der Waals surface area contributed by atoms with Gasteiger partial charge in [0.1, 0.15) is 5.82 Å². The van der Waals surface area contributed by atoms with E-state index >= 15 is 0 Å². The zero-order valence-corrected chi connectivity index (χ0v) is 17.1. The number of benzene rings is 1. The minimum atomic E-state index is -0.0467. The fraction of sp³-hybridized carbons (Fsp3) is 0.348. The summed E-state index contributed by atoms with van der Waals surface area (Å²) in [5.41, 5.74) is 2.42. The van der Waals surface area contributed by atoms with Crippen LogP contribution < -0.4 is 4.90 Å². The zero-order valence-electron chi connectivity index (χ0n) is 17.1. The molecular formula is C23H27N5O. The van der Waals surface area contributed by atoms with Crippen molar-refractivity contribution < 1.29 is 4.79 Å². The molecule has 6 heteroatoms. The van der Waals surface area contributed by atoms with E-state index in [2.05, 4.69) is 26.8 Å². The highest BCUT2D eigenvalue weighted by Crippen LogP contribution is 2.16. The van der Waals surface area contributed by atoms with Gasteiger partial charge in [0.15, 0.2) is 0 Å². The zero-order chi connectivity index (χ0) is 20.2. The molecule has 0 N–H and O–H groups in total. The third-order valence-corrected chi connectivity index (χ3v) is 5.44. The Morgan fingerprint density at radius 3 is 2.72 bits per heavy atom.